The first kappa shape index (κ1) is 19.8. The number of carbonyl (C=O) groups excluding carboxylic acids is 2. The first-order valence-corrected chi connectivity index (χ1v) is 9.76. The van der Waals surface area contributed by atoms with Crippen LogP contribution in [-0.2, 0) is 6.54 Å². The number of rotatable bonds is 4. The fourth-order valence-corrected chi connectivity index (χ4v) is 3.68. The van der Waals surface area contributed by atoms with Gasteiger partial charge in [0.25, 0.3) is 5.91 Å². The molecule has 3 heterocycles. The van der Waals surface area contributed by atoms with Crippen LogP contribution in [0.15, 0.2) is 42.6 Å². The monoisotopic (exact) mass is 410 g/mol. The van der Waals surface area contributed by atoms with Crippen molar-refractivity contribution >= 4 is 17.6 Å². The molecule has 1 aromatic carbocycles. The first-order chi connectivity index (χ1) is 14.4. The zero-order valence-corrected chi connectivity index (χ0v) is 16.9. The fraction of sp³-hybridized carbons (Fsp3) is 0.333. The van der Waals surface area contributed by atoms with Gasteiger partial charge < -0.3 is 15.1 Å². The number of pyridine rings is 1. The average molecular weight is 410 g/mol. The maximum absolute atomic E-state index is 13.3. The van der Waals surface area contributed by atoms with Crippen molar-refractivity contribution in [1.29, 1.82) is 0 Å². The second-order valence-electron chi connectivity index (χ2n) is 7.63. The highest BCUT2D eigenvalue weighted by Gasteiger charge is 2.31. The number of likely N-dealkylation sites (tertiary alicyclic amines) is 1. The number of nitrogens with zero attached hydrogens (tertiary/aromatic N) is 5. The smallest absolute Gasteiger partial charge is 0.319 e. The minimum Gasteiger partial charge on any atom is -0.348 e. The molecule has 30 heavy (non-hydrogen) atoms. The van der Waals surface area contributed by atoms with Gasteiger partial charge in [0.2, 0.25) is 0 Å². The molecule has 156 valence electrons. The van der Waals surface area contributed by atoms with E-state index in [1.807, 2.05) is 4.40 Å². The highest BCUT2D eigenvalue weighted by molar-refractivity contribution is 5.94. The van der Waals surface area contributed by atoms with E-state index in [9.17, 15) is 14.0 Å². The minimum absolute atomic E-state index is 0.0243. The molecule has 1 saturated heterocycles. The summed E-state index contributed by atoms with van der Waals surface area (Å²) in [6.07, 6.45) is 2.50. The van der Waals surface area contributed by atoms with Gasteiger partial charge in [0.15, 0.2) is 5.65 Å². The van der Waals surface area contributed by atoms with Crippen LogP contribution in [0.5, 0.6) is 0 Å². The fourth-order valence-electron chi connectivity index (χ4n) is 3.68. The van der Waals surface area contributed by atoms with Crippen molar-refractivity contribution in [1.82, 2.24) is 29.7 Å². The van der Waals surface area contributed by atoms with Gasteiger partial charge in [-0.3, -0.25) is 9.20 Å². The molecule has 0 saturated carbocycles. The van der Waals surface area contributed by atoms with Gasteiger partial charge in [0, 0.05) is 45.8 Å². The molecule has 1 fully saturated rings. The molecular formula is C21H23FN6O2. The van der Waals surface area contributed by atoms with Crippen molar-refractivity contribution in [3.05, 3.63) is 65.4 Å². The number of benzene rings is 1. The molecule has 0 radical (unpaired) electrons. The van der Waals surface area contributed by atoms with E-state index in [1.54, 1.807) is 54.4 Å². The lowest BCUT2D eigenvalue weighted by atomic mass is 10.1. The molecule has 0 bridgehead atoms. The molecule has 1 aliphatic heterocycles. The number of halogens is 1. The van der Waals surface area contributed by atoms with Crippen molar-refractivity contribution in [2.75, 3.05) is 27.2 Å². The van der Waals surface area contributed by atoms with Crippen molar-refractivity contribution in [3.8, 4) is 0 Å². The molecular weight excluding hydrogens is 387 g/mol. The number of urea groups is 1. The largest absolute Gasteiger partial charge is 0.348 e. The summed E-state index contributed by atoms with van der Waals surface area (Å²) in [6.45, 7) is 1.45. The summed E-state index contributed by atoms with van der Waals surface area (Å²) < 4.78 is 15.1. The van der Waals surface area contributed by atoms with Gasteiger partial charge in [-0.1, -0.05) is 12.1 Å². The SMILES string of the molecule is CN(C)C(=O)N1CC[C@@H](c2nnc3ccc(C(=O)NCc4cccc(F)c4)cn23)C1. The summed E-state index contributed by atoms with van der Waals surface area (Å²) in [6, 6.07) is 9.52. The van der Waals surface area contributed by atoms with Gasteiger partial charge >= 0.3 is 6.03 Å². The van der Waals surface area contributed by atoms with Crippen LogP contribution in [0.3, 0.4) is 0 Å². The Morgan fingerprint density at radius 3 is 2.83 bits per heavy atom. The Morgan fingerprint density at radius 2 is 2.07 bits per heavy atom. The molecule has 3 amide bonds. The molecule has 1 N–H and O–H groups in total. The number of aromatic nitrogens is 3. The lowest BCUT2D eigenvalue weighted by molar-refractivity contribution is 0.0950. The van der Waals surface area contributed by atoms with Gasteiger partial charge in [-0.05, 0) is 36.2 Å². The second kappa shape index (κ2) is 8.10. The van der Waals surface area contributed by atoms with Crippen LogP contribution >= 0.6 is 0 Å². The van der Waals surface area contributed by atoms with E-state index >= 15 is 0 Å². The van der Waals surface area contributed by atoms with E-state index in [4.69, 9.17) is 0 Å². The Labute approximate surface area is 173 Å². The van der Waals surface area contributed by atoms with Crippen LogP contribution in [0.4, 0.5) is 9.18 Å². The highest BCUT2D eigenvalue weighted by Crippen LogP contribution is 2.27. The lowest BCUT2D eigenvalue weighted by Crippen LogP contribution is -2.37. The summed E-state index contributed by atoms with van der Waals surface area (Å²) >= 11 is 0. The molecule has 0 unspecified atom stereocenters. The minimum atomic E-state index is -0.337. The highest BCUT2D eigenvalue weighted by atomic mass is 19.1. The Hall–Kier alpha value is -3.49. The summed E-state index contributed by atoms with van der Waals surface area (Å²) in [5.74, 6) is 0.181. The molecule has 1 aliphatic rings. The van der Waals surface area contributed by atoms with Crippen LogP contribution in [0, 0.1) is 5.82 Å². The van der Waals surface area contributed by atoms with Crippen LogP contribution in [0.2, 0.25) is 0 Å². The number of amides is 3. The predicted molar refractivity (Wildman–Crippen MR) is 109 cm³/mol. The molecule has 9 heteroatoms. The van der Waals surface area contributed by atoms with Crippen molar-refractivity contribution < 1.29 is 14.0 Å². The number of hydrogen-bond acceptors (Lipinski definition) is 4. The maximum Gasteiger partial charge on any atom is 0.319 e. The summed E-state index contributed by atoms with van der Waals surface area (Å²) in [7, 11) is 3.47. The van der Waals surface area contributed by atoms with Crippen LogP contribution in [-0.4, -0.2) is 63.5 Å². The van der Waals surface area contributed by atoms with Crippen LogP contribution < -0.4 is 5.32 Å². The number of hydrogen-bond donors (Lipinski definition) is 1. The third kappa shape index (κ3) is 3.96. The Bertz CT molecular complexity index is 1100. The topological polar surface area (TPSA) is 82.8 Å². The van der Waals surface area contributed by atoms with Crippen molar-refractivity contribution in [2.24, 2.45) is 0 Å². The van der Waals surface area contributed by atoms with E-state index < -0.39 is 0 Å². The standard InChI is InChI=1S/C21H23FN6O2/c1-26(2)21(30)27-9-8-15(12-27)19-25-24-18-7-6-16(13-28(18)19)20(29)23-11-14-4-3-5-17(22)10-14/h3-7,10,13,15H,8-9,11-12H2,1-2H3,(H,23,29)/t15-/m1/s1. The van der Waals surface area contributed by atoms with Gasteiger partial charge in [0.05, 0.1) is 5.56 Å². The third-order valence-corrected chi connectivity index (χ3v) is 5.24. The predicted octanol–water partition coefficient (Wildman–Crippen LogP) is 2.27. The third-order valence-electron chi connectivity index (χ3n) is 5.24. The van der Waals surface area contributed by atoms with Crippen LogP contribution in [0.1, 0.15) is 34.1 Å². The van der Waals surface area contributed by atoms with Gasteiger partial charge in [-0.25, -0.2) is 9.18 Å². The number of nitrogens with one attached hydrogen (secondary N) is 1. The first-order valence-electron chi connectivity index (χ1n) is 9.76. The number of fused-ring (bicyclic) bond motifs is 1. The van der Waals surface area contributed by atoms with E-state index in [-0.39, 0.29) is 30.2 Å². The Morgan fingerprint density at radius 1 is 1.23 bits per heavy atom. The van der Waals surface area contributed by atoms with E-state index in [1.165, 1.54) is 12.1 Å². The normalized spacial score (nSPS) is 16.1. The summed E-state index contributed by atoms with van der Waals surface area (Å²) in [4.78, 5) is 28.2. The summed E-state index contributed by atoms with van der Waals surface area (Å²) in [5.41, 5.74) is 1.79. The van der Waals surface area contributed by atoms with Gasteiger partial charge in [0.1, 0.15) is 11.6 Å². The Kier molecular flexibility index (Phi) is 5.35. The quantitative estimate of drug-likeness (QED) is 0.715. The number of carbonyl (C=O) groups is 2. The molecule has 0 spiro atoms. The van der Waals surface area contributed by atoms with E-state index in [0.717, 1.165) is 12.2 Å². The van der Waals surface area contributed by atoms with Crippen molar-refractivity contribution in [3.63, 3.8) is 0 Å². The lowest BCUT2D eigenvalue weighted by Gasteiger charge is -2.21. The van der Waals surface area contributed by atoms with Crippen LogP contribution in [0.25, 0.3) is 5.65 Å². The molecule has 1 atom stereocenters. The maximum atomic E-state index is 13.3. The molecule has 2 aromatic heterocycles. The van der Waals surface area contributed by atoms with E-state index in [2.05, 4.69) is 15.5 Å². The zero-order chi connectivity index (χ0) is 21.3. The average Bonchev–Trinajstić information content (AvgIpc) is 3.37. The van der Waals surface area contributed by atoms with E-state index in [0.29, 0.717) is 29.9 Å². The van der Waals surface area contributed by atoms with Crippen molar-refractivity contribution in [2.45, 2.75) is 18.9 Å². The zero-order valence-electron chi connectivity index (χ0n) is 16.9. The molecule has 3 aromatic rings. The second-order valence-corrected chi connectivity index (χ2v) is 7.63. The molecule has 0 aliphatic carbocycles. The van der Waals surface area contributed by atoms with Gasteiger partial charge in [-0.15, -0.1) is 10.2 Å². The molecule has 4 rings (SSSR count). The molecule has 8 nitrogen and oxygen atoms in total. The summed E-state index contributed by atoms with van der Waals surface area (Å²) in [5, 5.41) is 11.3. The van der Waals surface area contributed by atoms with Gasteiger partial charge in [-0.2, -0.15) is 0 Å². The Balaban J connectivity index is 1.50.